The smallest absolute Gasteiger partial charge is 0.264 e. The molecule has 0 atom stereocenters. The molecule has 0 aliphatic rings. The highest BCUT2D eigenvalue weighted by molar-refractivity contribution is 9.10. The molecule has 0 fully saturated rings. The van der Waals surface area contributed by atoms with Crippen LogP contribution in [0.25, 0.3) is 11.0 Å². The molecule has 0 saturated heterocycles. The lowest BCUT2D eigenvalue weighted by atomic mass is 10.3. The summed E-state index contributed by atoms with van der Waals surface area (Å²) in [4.78, 5) is 29.0. The summed E-state index contributed by atoms with van der Waals surface area (Å²) < 4.78 is 8.89. The van der Waals surface area contributed by atoms with E-state index < -0.39 is 5.91 Å². The van der Waals surface area contributed by atoms with Gasteiger partial charge in [-0.2, -0.15) is 5.10 Å². The summed E-state index contributed by atoms with van der Waals surface area (Å²) >= 11 is 9.41. The molecule has 2 heterocycles. The topological polar surface area (TPSA) is 91.0 Å². The first-order chi connectivity index (χ1) is 12.4. The predicted molar refractivity (Wildman–Crippen MR) is 102 cm³/mol. The van der Waals surface area contributed by atoms with E-state index in [-0.39, 0.29) is 12.1 Å². The van der Waals surface area contributed by atoms with E-state index in [4.69, 9.17) is 16.3 Å². The molecule has 0 saturated carbocycles. The Morgan fingerprint density at radius 2 is 2.19 bits per heavy atom. The summed E-state index contributed by atoms with van der Waals surface area (Å²) in [7, 11) is 1.69. The number of nitrogens with one attached hydrogen (secondary N) is 1. The zero-order valence-electron chi connectivity index (χ0n) is 14.0. The molecule has 8 nitrogen and oxygen atoms in total. The number of fused-ring (bicyclic) bond motifs is 1. The van der Waals surface area contributed by atoms with Gasteiger partial charge >= 0.3 is 0 Å². The Kier molecular flexibility index (Phi) is 5.28. The van der Waals surface area contributed by atoms with Crippen LogP contribution in [0.15, 0.2) is 33.9 Å². The largest absolute Gasteiger partial charge is 0.491 e. The van der Waals surface area contributed by atoms with Crippen LogP contribution in [0.1, 0.15) is 6.92 Å². The van der Waals surface area contributed by atoms with Gasteiger partial charge in [-0.1, -0.05) is 11.6 Å². The van der Waals surface area contributed by atoms with Crippen molar-refractivity contribution in [2.24, 2.45) is 7.05 Å². The van der Waals surface area contributed by atoms with Crippen molar-refractivity contribution in [1.29, 1.82) is 0 Å². The van der Waals surface area contributed by atoms with Crippen molar-refractivity contribution in [2.45, 2.75) is 13.5 Å². The number of hydrogen-bond donors (Lipinski definition) is 1. The van der Waals surface area contributed by atoms with Gasteiger partial charge < -0.3 is 10.1 Å². The minimum Gasteiger partial charge on any atom is -0.491 e. The van der Waals surface area contributed by atoms with Crippen molar-refractivity contribution in [1.82, 2.24) is 19.3 Å². The first-order valence-corrected chi connectivity index (χ1v) is 8.86. The molecule has 3 aromatic rings. The van der Waals surface area contributed by atoms with Crippen molar-refractivity contribution >= 4 is 50.2 Å². The summed E-state index contributed by atoms with van der Waals surface area (Å²) in [5.41, 5.74) is 0.541. The third-order valence-corrected chi connectivity index (χ3v) is 4.41. The van der Waals surface area contributed by atoms with Gasteiger partial charge in [0.05, 0.1) is 23.0 Å². The van der Waals surface area contributed by atoms with Crippen LogP contribution in [0.4, 0.5) is 5.69 Å². The SMILES string of the molecule is CCOc1c(Br)cc(Cl)cc1NC(=O)Cn1cnc2c(cnn2C)c1=O. The summed E-state index contributed by atoms with van der Waals surface area (Å²) in [6, 6.07) is 3.26. The maximum atomic E-state index is 12.4. The number of anilines is 1. The Morgan fingerprint density at radius 1 is 1.42 bits per heavy atom. The second-order valence-corrected chi connectivity index (χ2v) is 6.72. The zero-order chi connectivity index (χ0) is 18.8. The quantitative estimate of drug-likeness (QED) is 0.658. The van der Waals surface area contributed by atoms with E-state index in [0.717, 1.165) is 0 Å². The molecule has 1 N–H and O–H groups in total. The van der Waals surface area contributed by atoms with Crippen LogP contribution in [0.5, 0.6) is 5.75 Å². The summed E-state index contributed by atoms with van der Waals surface area (Å²) in [5, 5.41) is 7.51. The number of rotatable bonds is 5. The lowest BCUT2D eigenvalue weighted by molar-refractivity contribution is -0.116. The van der Waals surface area contributed by atoms with Gasteiger partial charge in [0.15, 0.2) is 11.4 Å². The van der Waals surface area contributed by atoms with Gasteiger partial charge in [0.1, 0.15) is 18.3 Å². The van der Waals surface area contributed by atoms with Gasteiger partial charge in [0, 0.05) is 12.1 Å². The summed E-state index contributed by atoms with van der Waals surface area (Å²) in [6.45, 7) is 2.05. The molecule has 0 unspecified atom stereocenters. The molecule has 0 aliphatic heterocycles. The number of carbonyl (C=O) groups excluding carboxylic acids is 1. The van der Waals surface area contributed by atoms with Gasteiger partial charge in [0.2, 0.25) is 5.91 Å². The third-order valence-electron chi connectivity index (χ3n) is 3.60. The fraction of sp³-hybridized carbons (Fsp3) is 0.250. The standard InChI is InChI=1S/C16H15BrClN5O3/c1-3-26-14-11(17)4-9(18)5-12(14)21-13(24)7-23-8-19-15-10(16(23)25)6-20-22(15)2/h4-6,8H,3,7H2,1-2H3,(H,21,24). The Hall–Kier alpha value is -2.39. The molecule has 0 spiro atoms. The zero-order valence-corrected chi connectivity index (χ0v) is 16.3. The fourth-order valence-electron chi connectivity index (χ4n) is 2.47. The van der Waals surface area contributed by atoms with Gasteiger partial charge in [-0.25, -0.2) is 4.98 Å². The van der Waals surface area contributed by atoms with Gasteiger partial charge in [-0.05, 0) is 35.0 Å². The predicted octanol–water partition coefficient (Wildman–Crippen LogP) is 2.58. The van der Waals surface area contributed by atoms with Crippen LogP contribution in [0.3, 0.4) is 0 Å². The van der Waals surface area contributed by atoms with Crippen LogP contribution in [0.2, 0.25) is 5.02 Å². The molecule has 1 aromatic carbocycles. The minimum atomic E-state index is -0.410. The van der Waals surface area contributed by atoms with Crippen molar-refractivity contribution < 1.29 is 9.53 Å². The molecular weight excluding hydrogens is 426 g/mol. The maximum Gasteiger partial charge on any atom is 0.264 e. The highest BCUT2D eigenvalue weighted by atomic mass is 79.9. The monoisotopic (exact) mass is 439 g/mol. The minimum absolute atomic E-state index is 0.202. The molecule has 0 radical (unpaired) electrons. The Morgan fingerprint density at radius 3 is 2.92 bits per heavy atom. The van der Waals surface area contributed by atoms with Gasteiger partial charge in [0.25, 0.3) is 5.56 Å². The molecule has 0 aliphatic carbocycles. The third kappa shape index (κ3) is 3.58. The Balaban J connectivity index is 1.86. The molecular formula is C16H15BrClN5O3. The number of aromatic nitrogens is 4. The average Bonchev–Trinajstić information content (AvgIpc) is 2.95. The van der Waals surface area contributed by atoms with Crippen molar-refractivity contribution in [3.8, 4) is 5.75 Å². The summed E-state index contributed by atoms with van der Waals surface area (Å²) in [6.07, 6.45) is 2.75. The number of carbonyl (C=O) groups is 1. The number of nitrogens with zero attached hydrogens (tertiary/aromatic N) is 4. The lowest BCUT2D eigenvalue weighted by Gasteiger charge is -2.14. The average molecular weight is 441 g/mol. The van der Waals surface area contributed by atoms with Crippen LogP contribution < -0.4 is 15.6 Å². The number of hydrogen-bond acceptors (Lipinski definition) is 5. The highest BCUT2D eigenvalue weighted by Gasteiger charge is 2.15. The van der Waals surface area contributed by atoms with E-state index in [1.807, 2.05) is 6.92 Å². The van der Waals surface area contributed by atoms with Crippen LogP contribution >= 0.6 is 27.5 Å². The number of benzene rings is 1. The van der Waals surface area contributed by atoms with Crippen molar-refractivity contribution in [3.63, 3.8) is 0 Å². The molecule has 26 heavy (non-hydrogen) atoms. The van der Waals surface area contributed by atoms with Crippen molar-refractivity contribution in [2.75, 3.05) is 11.9 Å². The molecule has 10 heteroatoms. The van der Waals surface area contributed by atoms with E-state index in [2.05, 4.69) is 31.3 Å². The molecule has 0 bridgehead atoms. The normalized spacial score (nSPS) is 10.9. The van der Waals surface area contributed by atoms with Crippen LogP contribution in [-0.2, 0) is 18.4 Å². The number of ether oxygens (including phenoxy) is 1. The number of aryl methyl sites for hydroxylation is 1. The first kappa shape index (κ1) is 18.4. The lowest BCUT2D eigenvalue weighted by Crippen LogP contribution is -2.28. The second kappa shape index (κ2) is 7.46. The fourth-order valence-corrected chi connectivity index (χ4v) is 3.39. The molecule has 3 rings (SSSR count). The van der Waals surface area contributed by atoms with Gasteiger partial charge in [-0.15, -0.1) is 0 Å². The maximum absolute atomic E-state index is 12.4. The summed E-state index contributed by atoms with van der Waals surface area (Å²) in [5.74, 6) is 0.0608. The van der Waals surface area contributed by atoms with Crippen molar-refractivity contribution in [3.05, 3.63) is 44.5 Å². The first-order valence-electron chi connectivity index (χ1n) is 7.69. The molecule has 1 amide bonds. The van der Waals surface area contributed by atoms with Crippen LogP contribution in [0, 0.1) is 0 Å². The number of amides is 1. The van der Waals surface area contributed by atoms with Crippen LogP contribution in [-0.4, -0.2) is 31.8 Å². The van der Waals surface area contributed by atoms with Gasteiger partial charge in [-0.3, -0.25) is 18.8 Å². The van der Waals surface area contributed by atoms with E-state index in [1.54, 1.807) is 19.2 Å². The van der Waals surface area contributed by atoms with E-state index in [9.17, 15) is 9.59 Å². The highest BCUT2D eigenvalue weighted by Crippen LogP contribution is 2.36. The molecule has 136 valence electrons. The molecule has 2 aromatic heterocycles. The second-order valence-electron chi connectivity index (χ2n) is 5.43. The Bertz CT molecular complexity index is 1050. The number of halogens is 2. The van der Waals surface area contributed by atoms with E-state index in [1.165, 1.54) is 21.8 Å². The Labute approximate surface area is 161 Å². The van der Waals surface area contributed by atoms with E-state index in [0.29, 0.717) is 38.6 Å². The van der Waals surface area contributed by atoms with E-state index >= 15 is 0 Å².